The first-order chi connectivity index (χ1) is 16.2. The van der Waals surface area contributed by atoms with E-state index in [-0.39, 0.29) is 12.7 Å². The molecule has 1 aliphatic heterocycles. The van der Waals surface area contributed by atoms with Crippen LogP contribution in [0.1, 0.15) is 33.2 Å². The summed E-state index contributed by atoms with van der Waals surface area (Å²) in [5.74, 6) is 2.29. The van der Waals surface area contributed by atoms with E-state index in [1.807, 2.05) is 66.7 Å². The van der Waals surface area contributed by atoms with Crippen molar-refractivity contribution in [1.82, 2.24) is 15.5 Å². The van der Waals surface area contributed by atoms with E-state index in [2.05, 4.69) is 20.8 Å². The molecule has 2 heterocycles. The molecule has 33 heavy (non-hydrogen) atoms. The van der Waals surface area contributed by atoms with Gasteiger partial charge in [-0.15, -0.1) is 0 Å². The number of ether oxygens (including phenoxy) is 2. The molecule has 8 heteroatoms. The van der Waals surface area contributed by atoms with Crippen LogP contribution >= 0.6 is 0 Å². The van der Waals surface area contributed by atoms with Crippen LogP contribution in [0.5, 0.6) is 11.5 Å². The third kappa shape index (κ3) is 4.95. The molecule has 0 bridgehead atoms. The Bertz CT molecular complexity index is 1260. The predicted octanol–water partition coefficient (Wildman–Crippen LogP) is 3.93. The zero-order chi connectivity index (χ0) is 22.5. The molecule has 4 aromatic rings. The van der Waals surface area contributed by atoms with Crippen molar-refractivity contribution in [3.63, 3.8) is 0 Å². The largest absolute Gasteiger partial charge is 0.454 e. The van der Waals surface area contributed by atoms with Gasteiger partial charge in [-0.3, -0.25) is 4.79 Å². The van der Waals surface area contributed by atoms with Crippen LogP contribution in [0.15, 0.2) is 77.3 Å². The van der Waals surface area contributed by atoms with Crippen molar-refractivity contribution in [1.29, 1.82) is 0 Å². The number of hydrogen-bond acceptors (Lipinski definition) is 7. The van der Waals surface area contributed by atoms with E-state index >= 15 is 0 Å². The van der Waals surface area contributed by atoms with Gasteiger partial charge in [0.05, 0.1) is 12.1 Å². The number of carbonyl (C=O) groups is 1. The van der Waals surface area contributed by atoms with Crippen LogP contribution in [0.3, 0.4) is 0 Å². The molecule has 8 nitrogen and oxygen atoms in total. The number of nitrogens with one attached hydrogen (secondary N) is 2. The van der Waals surface area contributed by atoms with E-state index in [1.165, 1.54) is 0 Å². The molecule has 2 N–H and O–H groups in total. The van der Waals surface area contributed by atoms with Gasteiger partial charge in [0, 0.05) is 18.7 Å². The summed E-state index contributed by atoms with van der Waals surface area (Å²) in [6, 6.07) is 22.9. The third-order valence-corrected chi connectivity index (χ3v) is 5.21. The quantitative estimate of drug-likeness (QED) is 0.427. The fourth-order valence-corrected chi connectivity index (χ4v) is 3.55. The highest BCUT2D eigenvalue weighted by atomic mass is 16.7. The maximum Gasteiger partial charge on any atom is 0.253 e. The molecule has 0 saturated heterocycles. The smallest absolute Gasteiger partial charge is 0.253 e. The number of para-hydroxylation sites is 1. The highest BCUT2D eigenvalue weighted by Gasteiger charge is 2.15. The minimum absolute atomic E-state index is 0.189. The Kier molecular flexibility index (Phi) is 5.88. The van der Waals surface area contributed by atoms with Crippen LogP contribution in [0.2, 0.25) is 0 Å². The number of fused-ring (bicyclic) bond motifs is 1. The lowest BCUT2D eigenvalue weighted by molar-refractivity contribution is 0.0951. The van der Waals surface area contributed by atoms with Gasteiger partial charge in [-0.2, -0.15) is 4.98 Å². The topological polar surface area (TPSA) is 98.5 Å². The number of anilines is 1. The number of nitrogens with zero attached hydrogens (tertiary/aromatic N) is 2. The van der Waals surface area contributed by atoms with Crippen molar-refractivity contribution in [2.24, 2.45) is 0 Å². The summed E-state index contributed by atoms with van der Waals surface area (Å²) in [6.07, 6.45) is 0.600. The molecule has 0 spiro atoms. The average molecular weight is 442 g/mol. The lowest BCUT2D eigenvalue weighted by atomic mass is 10.1. The molecule has 0 aliphatic carbocycles. The second kappa shape index (κ2) is 9.44. The summed E-state index contributed by atoms with van der Waals surface area (Å²) in [7, 11) is 0. The first-order valence-electron chi connectivity index (χ1n) is 10.6. The molecule has 3 aromatic carbocycles. The van der Waals surface area contributed by atoms with Crippen molar-refractivity contribution in [2.45, 2.75) is 19.5 Å². The van der Waals surface area contributed by atoms with Gasteiger partial charge in [-0.05, 0) is 35.4 Å². The summed E-state index contributed by atoms with van der Waals surface area (Å²) in [5, 5.41) is 10.2. The minimum Gasteiger partial charge on any atom is -0.454 e. The first-order valence-corrected chi connectivity index (χ1v) is 10.6. The maximum atomic E-state index is 12.8. The Morgan fingerprint density at radius 3 is 2.61 bits per heavy atom. The van der Waals surface area contributed by atoms with Crippen LogP contribution in [0.25, 0.3) is 0 Å². The zero-order valence-corrected chi connectivity index (χ0v) is 17.8. The fourth-order valence-electron chi connectivity index (χ4n) is 3.55. The Morgan fingerprint density at radius 1 is 0.879 bits per heavy atom. The summed E-state index contributed by atoms with van der Waals surface area (Å²) < 4.78 is 16.1. The van der Waals surface area contributed by atoms with Crippen LogP contribution in [-0.4, -0.2) is 22.8 Å². The zero-order valence-electron chi connectivity index (χ0n) is 17.8. The van der Waals surface area contributed by atoms with E-state index in [9.17, 15) is 4.79 Å². The summed E-state index contributed by atoms with van der Waals surface area (Å²) >= 11 is 0. The second-order valence-corrected chi connectivity index (χ2v) is 7.54. The van der Waals surface area contributed by atoms with E-state index in [0.717, 1.165) is 11.1 Å². The van der Waals surface area contributed by atoms with E-state index in [1.54, 1.807) is 6.07 Å². The monoisotopic (exact) mass is 442 g/mol. The van der Waals surface area contributed by atoms with Gasteiger partial charge in [0.25, 0.3) is 5.91 Å². The van der Waals surface area contributed by atoms with E-state index in [0.29, 0.717) is 54.0 Å². The normalized spacial score (nSPS) is 11.9. The van der Waals surface area contributed by atoms with E-state index < -0.39 is 0 Å². The number of amides is 1. The molecular weight excluding hydrogens is 420 g/mol. The predicted molar refractivity (Wildman–Crippen MR) is 121 cm³/mol. The van der Waals surface area contributed by atoms with Gasteiger partial charge in [0.1, 0.15) is 0 Å². The molecule has 1 aliphatic rings. The molecule has 0 atom stereocenters. The second-order valence-electron chi connectivity index (χ2n) is 7.54. The summed E-state index contributed by atoms with van der Waals surface area (Å²) in [6.45, 7) is 0.905. The average Bonchev–Trinajstić information content (AvgIpc) is 3.51. The van der Waals surface area contributed by atoms with Crippen molar-refractivity contribution >= 4 is 11.6 Å². The van der Waals surface area contributed by atoms with Gasteiger partial charge in [-0.1, -0.05) is 53.7 Å². The standard InChI is InChI=1S/C25H22N4O4/c30-25(27-14-18-10-11-21-22(12-18)32-16-31-21)19-8-4-5-9-20(19)26-15-24-28-23(29-33-24)13-17-6-2-1-3-7-17/h1-12,26H,13-16H2,(H,27,30). The molecular formula is C25H22N4O4. The number of carbonyl (C=O) groups excluding carboxylic acids is 1. The Balaban J connectivity index is 1.19. The Hall–Kier alpha value is -4.33. The third-order valence-electron chi connectivity index (χ3n) is 5.21. The summed E-state index contributed by atoms with van der Waals surface area (Å²) in [5.41, 5.74) is 3.25. The van der Waals surface area contributed by atoms with Gasteiger partial charge >= 0.3 is 0 Å². The van der Waals surface area contributed by atoms with E-state index in [4.69, 9.17) is 14.0 Å². The first kappa shape index (κ1) is 20.6. The van der Waals surface area contributed by atoms with Crippen molar-refractivity contribution < 1.29 is 18.8 Å². The molecule has 166 valence electrons. The molecule has 0 saturated carbocycles. The Morgan fingerprint density at radius 2 is 1.70 bits per heavy atom. The van der Waals surface area contributed by atoms with Crippen molar-refractivity contribution in [3.8, 4) is 11.5 Å². The van der Waals surface area contributed by atoms with Crippen molar-refractivity contribution in [3.05, 3.63) is 101 Å². The number of hydrogen-bond donors (Lipinski definition) is 2. The SMILES string of the molecule is O=C(NCc1ccc2c(c1)OCO2)c1ccccc1NCc1nc(Cc2ccccc2)no1. The highest BCUT2D eigenvalue weighted by Crippen LogP contribution is 2.32. The van der Waals surface area contributed by atoms with Crippen LogP contribution < -0.4 is 20.1 Å². The van der Waals surface area contributed by atoms with Gasteiger partial charge < -0.3 is 24.6 Å². The number of benzene rings is 3. The van der Waals surface area contributed by atoms with Crippen LogP contribution in [-0.2, 0) is 19.5 Å². The molecule has 1 aromatic heterocycles. The Labute approximate surface area is 190 Å². The molecule has 5 rings (SSSR count). The minimum atomic E-state index is -0.189. The molecule has 1 amide bonds. The molecule has 0 unspecified atom stereocenters. The van der Waals surface area contributed by atoms with Crippen molar-refractivity contribution in [2.75, 3.05) is 12.1 Å². The lowest BCUT2D eigenvalue weighted by Gasteiger charge is -2.11. The molecule has 0 fully saturated rings. The number of rotatable bonds is 8. The van der Waals surface area contributed by atoms with Gasteiger partial charge in [-0.25, -0.2) is 0 Å². The van der Waals surface area contributed by atoms with Crippen LogP contribution in [0.4, 0.5) is 5.69 Å². The summed E-state index contributed by atoms with van der Waals surface area (Å²) in [4.78, 5) is 17.3. The maximum absolute atomic E-state index is 12.8. The fraction of sp³-hybridized carbons (Fsp3) is 0.160. The van der Waals surface area contributed by atoms with Crippen LogP contribution in [0, 0.1) is 0 Å². The van der Waals surface area contributed by atoms with Gasteiger partial charge in [0.15, 0.2) is 17.3 Å². The lowest BCUT2D eigenvalue weighted by Crippen LogP contribution is -2.24. The highest BCUT2D eigenvalue weighted by molar-refractivity contribution is 5.99. The number of aromatic nitrogens is 2. The van der Waals surface area contributed by atoms with Gasteiger partial charge in [0.2, 0.25) is 12.7 Å². The molecule has 0 radical (unpaired) electrons.